The Morgan fingerprint density at radius 2 is 1.74 bits per heavy atom. The molecule has 19 heavy (non-hydrogen) atoms. The minimum absolute atomic E-state index is 0.00593. The van der Waals surface area contributed by atoms with E-state index in [4.69, 9.17) is 10.5 Å². The number of nitrogens with zero attached hydrogens (tertiary/aromatic N) is 7. The summed E-state index contributed by atoms with van der Waals surface area (Å²) in [4.78, 5) is 27.4. The average molecular weight is 257 g/mol. The Morgan fingerprint density at radius 3 is 2.32 bits per heavy atom. The molecule has 2 heterocycles. The minimum atomic E-state index is -1.20. The first-order valence-corrected chi connectivity index (χ1v) is 5.10. The standard InChI is InChI=1S/C10H7N7O2/c1-16-8-6(9(18)17(2)10(16)19)14-15-7(13-8)5(3-11)4-12/h5H,1-2H3. The van der Waals surface area contributed by atoms with Crippen molar-refractivity contribution in [1.82, 2.24) is 24.3 Å². The largest absolute Gasteiger partial charge is 0.332 e. The third-order valence-corrected chi connectivity index (χ3v) is 2.60. The van der Waals surface area contributed by atoms with Gasteiger partial charge in [0.2, 0.25) is 0 Å². The van der Waals surface area contributed by atoms with Crippen LogP contribution < -0.4 is 11.2 Å². The molecule has 0 unspecified atom stereocenters. The molecule has 0 aromatic carbocycles. The van der Waals surface area contributed by atoms with Crippen LogP contribution in [0.15, 0.2) is 9.59 Å². The molecule has 9 nitrogen and oxygen atoms in total. The van der Waals surface area contributed by atoms with Crippen molar-refractivity contribution in [3.8, 4) is 12.1 Å². The first kappa shape index (κ1) is 12.4. The summed E-state index contributed by atoms with van der Waals surface area (Å²) in [6.45, 7) is 0. The fourth-order valence-electron chi connectivity index (χ4n) is 1.53. The molecule has 2 rings (SSSR count). The summed E-state index contributed by atoms with van der Waals surface area (Å²) in [5.41, 5.74) is -1.30. The summed E-state index contributed by atoms with van der Waals surface area (Å²) in [6, 6.07) is 3.39. The second-order valence-corrected chi connectivity index (χ2v) is 3.74. The monoisotopic (exact) mass is 257 g/mol. The highest BCUT2D eigenvalue weighted by Gasteiger charge is 2.18. The number of aromatic nitrogens is 5. The summed E-state index contributed by atoms with van der Waals surface area (Å²) in [7, 11) is 2.73. The Labute approximate surface area is 106 Å². The number of aryl methyl sites for hydroxylation is 1. The number of hydrogen-bond acceptors (Lipinski definition) is 7. The van der Waals surface area contributed by atoms with Gasteiger partial charge in [0, 0.05) is 14.1 Å². The van der Waals surface area contributed by atoms with Crippen molar-refractivity contribution in [2.45, 2.75) is 5.92 Å². The Balaban J connectivity index is 2.90. The van der Waals surface area contributed by atoms with E-state index in [0.29, 0.717) is 0 Å². The molecule has 2 aromatic rings. The van der Waals surface area contributed by atoms with Crippen LogP contribution >= 0.6 is 0 Å². The van der Waals surface area contributed by atoms with Crippen molar-refractivity contribution < 1.29 is 0 Å². The molecule has 0 aliphatic heterocycles. The molecule has 0 fully saturated rings. The van der Waals surface area contributed by atoms with Gasteiger partial charge in [-0.15, -0.1) is 10.2 Å². The Hall–Kier alpha value is -3.07. The van der Waals surface area contributed by atoms with Gasteiger partial charge in [0.1, 0.15) is 0 Å². The molecule has 0 aliphatic carbocycles. The van der Waals surface area contributed by atoms with Gasteiger partial charge in [-0.25, -0.2) is 9.78 Å². The van der Waals surface area contributed by atoms with E-state index in [1.54, 1.807) is 12.1 Å². The first-order valence-electron chi connectivity index (χ1n) is 5.10. The second-order valence-electron chi connectivity index (χ2n) is 3.74. The fraction of sp³-hybridized carbons (Fsp3) is 0.300. The third kappa shape index (κ3) is 1.73. The topological polar surface area (TPSA) is 130 Å². The molecule has 0 radical (unpaired) electrons. The predicted octanol–water partition coefficient (Wildman–Crippen LogP) is -1.45. The highest BCUT2D eigenvalue weighted by atomic mass is 16.2. The van der Waals surface area contributed by atoms with Gasteiger partial charge in [-0.2, -0.15) is 10.5 Å². The molecule has 2 aromatic heterocycles. The normalized spacial score (nSPS) is 10.4. The zero-order chi connectivity index (χ0) is 14.2. The number of hydrogen-bond donors (Lipinski definition) is 0. The lowest BCUT2D eigenvalue weighted by Gasteiger charge is -2.06. The lowest BCUT2D eigenvalue weighted by atomic mass is 10.2. The number of fused-ring (bicyclic) bond motifs is 1. The minimum Gasteiger partial charge on any atom is -0.279 e. The highest BCUT2D eigenvalue weighted by Crippen LogP contribution is 2.09. The molecule has 0 amide bonds. The Morgan fingerprint density at radius 1 is 1.11 bits per heavy atom. The van der Waals surface area contributed by atoms with Gasteiger partial charge in [0.05, 0.1) is 12.1 Å². The number of nitriles is 2. The zero-order valence-electron chi connectivity index (χ0n) is 10.0. The lowest BCUT2D eigenvalue weighted by molar-refractivity contribution is 0.693. The van der Waals surface area contributed by atoms with E-state index in [1.807, 2.05) is 0 Å². The molecule has 0 aliphatic rings. The summed E-state index contributed by atoms with van der Waals surface area (Å²) in [6.07, 6.45) is 0. The molecule has 0 saturated heterocycles. The molecule has 0 bridgehead atoms. The summed E-state index contributed by atoms with van der Waals surface area (Å²) < 4.78 is 1.99. The lowest BCUT2D eigenvalue weighted by Crippen LogP contribution is -2.38. The van der Waals surface area contributed by atoms with Crippen LogP contribution in [-0.2, 0) is 14.1 Å². The molecule has 94 valence electrons. The van der Waals surface area contributed by atoms with Crippen LogP contribution in [0, 0.1) is 22.7 Å². The van der Waals surface area contributed by atoms with E-state index < -0.39 is 17.2 Å². The van der Waals surface area contributed by atoms with Crippen LogP contribution in [0.3, 0.4) is 0 Å². The molecular weight excluding hydrogens is 250 g/mol. The number of rotatable bonds is 1. The van der Waals surface area contributed by atoms with Crippen molar-refractivity contribution in [1.29, 1.82) is 10.5 Å². The molecule has 0 saturated carbocycles. The van der Waals surface area contributed by atoms with Gasteiger partial charge in [-0.1, -0.05) is 0 Å². The average Bonchev–Trinajstić information content (AvgIpc) is 2.44. The maximum absolute atomic E-state index is 11.8. The molecule has 0 spiro atoms. The van der Waals surface area contributed by atoms with Gasteiger partial charge in [-0.05, 0) is 0 Å². The summed E-state index contributed by atoms with van der Waals surface area (Å²) >= 11 is 0. The summed E-state index contributed by atoms with van der Waals surface area (Å²) in [5, 5.41) is 24.8. The van der Waals surface area contributed by atoms with E-state index in [1.165, 1.54) is 14.1 Å². The Kier molecular flexibility index (Phi) is 2.81. The predicted molar refractivity (Wildman–Crippen MR) is 61.8 cm³/mol. The van der Waals surface area contributed by atoms with E-state index in [9.17, 15) is 9.59 Å². The van der Waals surface area contributed by atoms with E-state index in [-0.39, 0.29) is 17.0 Å². The van der Waals surface area contributed by atoms with Crippen molar-refractivity contribution in [2.24, 2.45) is 14.1 Å². The second kappa shape index (κ2) is 4.31. The fourth-order valence-corrected chi connectivity index (χ4v) is 1.53. The van der Waals surface area contributed by atoms with E-state index >= 15 is 0 Å². The van der Waals surface area contributed by atoms with Crippen molar-refractivity contribution >= 4 is 11.2 Å². The van der Waals surface area contributed by atoms with Crippen molar-refractivity contribution in [3.05, 3.63) is 26.7 Å². The van der Waals surface area contributed by atoms with Crippen LogP contribution in [0.1, 0.15) is 11.7 Å². The maximum atomic E-state index is 11.8. The molecule has 9 heteroatoms. The molecule has 0 atom stereocenters. The van der Waals surface area contributed by atoms with Crippen LogP contribution in [-0.4, -0.2) is 24.3 Å². The van der Waals surface area contributed by atoms with Crippen molar-refractivity contribution in [2.75, 3.05) is 0 Å². The van der Waals surface area contributed by atoms with Crippen molar-refractivity contribution in [3.63, 3.8) is 0 Å². The van der Waals surface area contributed by atoms with Crippen LogP contribution in [0.2, 0.25) is 0 Å². The Bertz CT molecular complexity index is 851. The zero-order valence-corrected chi connectivity index (χ0v) is 10.0. The van der Waals surface area contributed by atoms with Gasteiger partial charge in [-0.3, -0.25) is 13.9 Å². The van der Waals surface area contributed by atoms with Gasteiger partial charge in [0.25, 0.3) is 5.56 Å². The van der Waals surface area contributed by atoms with E-state index in [0.717, 1.165) is 9.13 Å². The highest BCUT2D eigenvalue weighted by molar-refractivity contribution is 5.67. The van der Waals surface area contributed by atoms with Crippen LogP contribution in [0.5, 0.6) is 0 Å². The smallest absolute Gasteiger partial charge is 0.279 e. The van der Waals surface area contributed by atoms with Crippen LogP contribution in [0.25, 0.3) is 11.2 Å². The third-order valence-electron chi connectivity index (χ3n) is 2.60. The van der Waals surface area contributed by atoms with Crippen LogP contribution in [0.4, 0.5) is 0 Å². The molecule has 0 N–H and O–H groups in total. The quantitative estimate of drug-likeness (QED) is 0.610. The summed E-state index contributed by atoms with van der Waals surface area (Å²) in [5.74, 6) is -1.34. The first-order chi connectivity index (χ1) is 9.01. The maximum Gasteiger partial charge on any atom is 0.332 e. The van der Waals surface area contributed by atoms with Gasteiger partial charge in [0.15, 0.2) is 22.9 Å². The van der Waals surface area contributed by atoms with Gasteiger partial charge >= 0.3 is 5.69 Å². The SMILES string of the molecule is Cn1c(=O)c2nnc(C(C#N)C#N)nc2n(C)c1=O. The molecular formula is C10H7N7O2. The van der Waals surface area contributed by atoms with E-state index in [2.05, 4.69) is 15.2 Å². The van der Waals surface area contributed by atoms with Gasteiger partial charge < -0.3 is 0 Å².